The third kappa shape index (κ3) is 2.71. The molecule has 5 aliphatic rings. The van der Waals surface area contributed by atoms with E-state index in [1.807, 2.05) is 0 Å². The molecule has 0 aromatic carbocycles. The van der Waals surface area contributed by atoms with Crippen LogP contribution in [0.3, 0.4) is 0 Å². The van der Waals surface area contributed by atoms with Crippen LogP contribution in [0.5, 0.6) is 0 Å². The van der Waals surface area contributed by atoms with Gasteiger partial charge in [0.15, 0.2) is 0 Å². The highest BCUT2D eigenvalue weighted by Gasteiger charge is 2.70. The molecule has 0 aromatic rings. The number of aliphatic hydroxyl groups is 1. The lowest BCUT2D eigenvalue weighted by molar-refractivity contribution is -0.258. The summed E-state index contributed by atoms with van der Waals surface area (Å²) in [6.45, 7) is 18.0. The Morgan fingerprint density at radius 2 is 1.38 bits per heavy atom. The molecule has 0 bridgehead atoms. The Morgan fingerprint density at radius 1 is 0.750 bits per heavy atom. The van der Waals surface area contributed by atoms with Crippen molar-refractivity contribution < 1.29 is 9.90 Å². The highest BCUT2D eigenvalue weighted by molar-refractivity contribution is 5.82. The minimum absolute atomic E-state index is 0.108. The summed E-state index contributed by atoms with van der Waals surface area (Å²) in [6.07, 6.45) is 13.6. The van der Waals surface area contributed by atoms with E-state index in [4.69, 9.17) is 0 Å². The van der Waals surface area contributed by atoms with Gasteiger partial charge < -0.3 is 5.11 Å². The second-order valence-corrected chi connectivity index (χ2v) is 15.1. The van der Waals surface area contributed by atoms with Crippen LogP contribution in [0, 0.1) is 56.2 Å². The van der Waals surface area contributed by atoms with Gasteiger partial charge in [0, 0.05) is 18.9 Å². The summed E-state index contributed by atoms with van der Waals surface area (Å²) < 4.78 is 0. The highest BCUT2D eigenvalue weighted by Crippen LogP contribution is 2.78. The lowest BCUT2D eigenvalue weighted by Crippen LogP contribution is -2.67. The number of carbonyl (C=O) groups is 1. The minimum Gasteiger partial charge on any atom is -0.396 e. The number of rotatable bonds is 1. The van der Waals surface area contributed by atoms with Gasteiger partial charge in [0.05, 0.1) is 0 Å². The standard InChI is InChI=1S/C30H50O2/c1-20-21(32)8-9-22-27(20,4)11-10-23-28(22,5)15-17-30(7)24-18-25(2,19-31)12-13-26(24,3)14-16-29(23,30)6/h20,22-24,31H,8-19H2,1-7H3/t20-,22+,23-,24+,25+,26+,27+,28-,29+,30-/m1/s1. The van der Waals surface area contributed by atoms with Crippen molar-refractivity contribution in [3.05, 3.63) is 0 Å². The number of fused-ring (bicyclic) bond motifs is 7. The first kappa shape index (κ1) is 23.4. The second-order valence-electron chi connectivity index (χ2n) is 15.1. The van der Waals surface area contributed by atoms with Gasteiger partial charge in [-0.25, -0.2) is 0 Å². The minimum atomic E-state index is 0.108. The maximum absolute atomic E-state index is 12.7. The van der Waals surface area contributed by atoms with Crippen molar-refractivity contribution in [3.8, 4) is 0 Å². The number of ketones is 1. The summed E-state index contributed by atoms with van der Waals surface area (Å²) in [5, 5.41) is 10.3. The van der Waals surface area contributed by atoms with Crippen molar-refractivity contribution in [3.63, 3.8) is 0 Å². The average Bonchev–Trinajstić information content (AvgIpc) is 2.75. The molecule has 5 aliphatic carbocycles. The van der Waals surface area contributed by atoms with Gasteiger partial charge in [-0.15, -0.1) is 0 Å². The summed E-state index contributed by atoms with van der Waals surface area (Å²) in [7, 11) is 0. The zero-order valence-electron chi connectivity index (χ0n) is 22.2. The lowest BCUT2D eigenvalue weighted by atomic mass is 9.30. The molecular formula is C30H50O2. The SMILES string of the molecule is C[C@@H]1C(=O)CC[C@H]2[C@@]1(C)CC[C@@H]1[C@]2(C)CC[C@]2(C)[C@H]3C[C@@](C)(CO)CC[C@@]3(C)CC[C@@]12C. The zero-order valence-corrected chi connectivity index (χ0v) is 22.2. The Hall–Kier alpha value is -0.370. The summed E-state index contributed by atoms with van der Waals surface area (Å²) in [5.41, 5.74) is 1.88. The van der Waals surface area contributed by atoms with Crippen molar-refractivity contribution in [2.75, 3.05) is 6.61 Å². The molecule has 0 unspecified atom stereocenters. The fraction of sp³-hybridized carbons (Fsp3) is 0.967. The van der Waals surface area contributed by atoms with Crippen LogP contribution in [-0.4, -0.2) is 17.5 Å². The zero-order chi connectivity index (χ0) is 23.4. The molecule has 5 rings (SSSR count). The van der Waals surface area contributed by atoms with Gasteiger partial charge in [-0.3, -0.25) is 4.79 Å². The van der Waals surface area contributed by atoms with Crippen LogP contribution in [0.4, 0.5) is 0 Å². The molecule has 0 aromatic heterocycles. The molecule has 1 N–H and O–H groups in total. The van der Waals surface area contributed by atoms with Crippen LogP contribution < -0.4 is 0 Å². The van der Waals surface area contributed by atoms with Crippen molar-refractivity contribution >= 4 is 5.78 Å². The van der Waals surface area contributed by atoms with Crippen LogP contribution in [0.15, 0.2) is 0 Å². The van der Waals surface area contributed by atoms with Crippen LogP contribution in [0.1, 0.15) is 119 Å². The van der Waals surface area contributed by atoms with Crippen molar-refractivity contribution in [1.29, 1.82) is 0 Å². The Labute approximate surface area is 197 Å². The second kappa shape index (κ2) is 6.86. The van der Waals surface area contributed by atoms with Crippen molar-refractivity contribution in [2.45, 2.75) is 119 Å². The lowest BCUT2D eigenvalue weighted by Gasteiger charge is -2.74. The molecule has 0 radical (unpaired) electrons. The van der Waals surface area contributed by atoms with E-state index >= 15 is 0 Å². The summed E-state index contributed by atoms with van der Waals surface area (Å²) in [4.78, 5) is 12.7. The smallest absolute Gasteiger partial charge is 0.136 e. The van der Waals surface area contributed by atoms with E-state index in [2.05, 4.69) is 48.5 Å². The predicted octanol–water partition coefficient (Wildman–Crippen LogP) is 7.43. The molecule has 0 heterocycles. The van der Waals surface area contributed by atoms with Crippen LogP contribution in [-0.2, 0) is 4.79 Å². The summed E-state index contributed by atoms with van der Waals surface area (Å²) in [5.74, 6) is 2.96. The van der Waals surface area contributed by atoms with Crippen molar-refractivity contribution in [2.24, 2.45) is 56.2 Å². The van der Waals surface area contributed by atoms with Crippen LogP contribution >= 0.6 is 0 Å². The third-order valence-electron chi connectivity index (χ3n) is 14.0. The van der Waals surface area contributed by atoms with Gasteiger partial charge in [-0.1, -0.05) is 48.5 Å². The Balaban J connectivity index is 1.54. The van der Waals surface area contributed by atoms with Gasteiger partial charge in [0.2, 0.25) is 0 Å². The number of carbonyl (C=O) groups excluding carboxylic acids is 1. The van der Waals surface area contributed by atoms with Gasteiger partial charge in [-0.05, 0) is 114 Å². The molecule has 10 atom stereocenters. The highest BCUT2D eigenvalue weighted by atomic mass is 16.3. The first-order valence-electron chi connectivity index (χ1n) is 13.9. The van der Waals surface area contributed by atoms with Gasteiger partial charge in [-0.2, -0.15) is 0 Å². The normalized spacial score (nSPS) is 60.1. The summed E-state index contributed by atoms with van der Waals surface area (Å²) >= 11 is 0. The number of hydrogen-bond acceptors (Lipinski definition) is 2. The van der Waals surface area contributed by atoms with E-state index in [1.165, 1.54) is 57.8 Å². The molecule has 5 saturated carbocycles. The third-order valence-corrected chi connectivity index (χ3v) is 14.0. The number of hydrogen-bond donors (Lipinski definition) is 1. The Bertz CT molecular complexity index is 805. The number of aliphatic hydroxyl groups excluding tert-OH is 1. The number of Topliss-reactive ketones (excluding diaryl/α,β-unsaturated/α-hetero) is 1. The van der Waals surface area contributed by atoms with E-state index in [-0.39, 0.29) is 16.7 Å². The molecule has 0 spiro atoms. The van der Waals surface area contributed by atoms with Gasteiger partial charge in [0.1, 0.15) is 5.78 Å². The molecule has 5 fully saturated rings. The molecule has 182 valence electrons. The van der Waals surface area contributed by atoms with E-state index < -0.39 is 0 Å². The van der Waals surface area contributed by atoms with Gasteiger partial charge in [0.25, 0.3) is 0 Å². The quantitative estimate of drug-likeness (QED) is 0.458. The Morgan fingerprint density at radius 3 is 2.06 bits per heavy atom. The molecule has 32 heavy (non-hydrogen) atoms. The Kier molecular flexibility index (Phi) is 5.01. The monoisotopic (exact) mass is 442 g/mol. The topological polar surface area (TPSA) is 37.3 Å². The summed E-state index contributed by atoms with van der Waals surface area (Å²) in [6, 6.07) is 0. The van der Waals surface area contributed by atoms with Crippen molar-refractivity contribution in [1.82, 2.24) is 0 Å². The first-order chi connectivity index (χ1) is 14.8. The maximum atomic E-state index is 12.7. The maximum Gasteiger partial charge on any atom is 0.136 e. The largest absolute Gasteiger partial charge is 0.396 e. The molecule has 2 heteroatoms. The van der Waals surface area contributed by atoms with E-state index in [0.717, 1.165) is 24.7 Å². The molecule has 0 amide bonds. The molecule has 0 aliphatic heterocycles. The first-order valence-corrected chi connectivity index (χ1v) is 13.9. The fourth-order valence-corrected chi connectivity index (χ4v) is 11.2. The molecule has 2 nitrogen and oxygen atoms in total. The van der Waals surface area contributed by atoms with Gasteiger partial charge >= 0.3 is 0 Å². The molecular weight excluding hydrogens is 392 g/mol. The predicted molar refractivity (Wildman–Crippen MR) is 131 cm³/mol. The van der Waals surface area contributed by atoms with E-state index in [9.17, 15) is 9.90 Å². The van der Waals surface area contributed by atoms with E-state index in [1.54, 1.807) is 0 Å². The van der Waals surface area contributed by atoms with E-state index in [0.29, 0.717) is 40.0 Å². The molecule has 0 saturated heterocycles. The van der Waals surface area contributed by atoms with Crippen LogP contribution in [0.25, 0.3) is 0 Å². The fourth-order valence-electron chi connectivity index (χ4n) is 11.2. The van der Waals surface area contributed by atoms with Crippen LogP contribution in [0.2, 0.25) is 0 Å². The average molecular weight is 443 g/mol.